The molecule has 0 aliphatic heterocycles. The Morgan fingerprint density at radius 3 is 1.82 bits per heavy atom. The molecule has 0 spiro atoms. The van der Waals surface area contributed by atoms with Crippen LogP contribution in [0.2, 0.25) is 0 Å². The van der Waals surface area contributed by atoms with E-state index in [4.69, 9.17) is 14.2 Å². The third-order valence-corrected chi connectivity index (χ3v) is 3.28. The monoisotopic (exact) mass is 462 g/mol. The van der Waals surface area contributed by atoms with Crippen LogP contribution in [0.5, 0.6) is 17.2 Å². The summed E-state index contributed by atoms with van der Waals surface area (Å²) in [5.41, 5.74) is 0.549. The van der Waals surface area contributed by atoms with Gasteiger partial charge in [0, 0.05) is 5.56 Å². The highest BCUT2D eigenvalue weighted by molar-refractivity contribution is 14.2. The van der Waals surface area contributed by atoms with Crippen LogP contribution in [0.1, 0.15) is 10.4 Å². The van der Waals surface area contributed by atoms with Gasteiger partial charge in [-0.1, -0.05) is 45.2 Å². The molecule has 0 amide bonds. The maximum Gasteiger partial charge on any atom is 0.203 e. The van der Waals surface area contributed by atoms with Crippen molar-refractivity contribution in [1.82, 2.24) is 0 Å². The van der Waals surface area contributed by atoms with E-state index in [1.807, 2.05) is 0 Å². The normalized spacial score (nSPS) is 10.2. The zero-order valence-corrected chi connectivity index (χ0v) is 13.9. The van der Waals surface area contributed by atoms with Gasteiger partial charge in [0.15, 0.2) is 17.3 Å². The number of hydrogen-bond donors (Lipinski definition) is 0. The summed E-state index contributed by atoms with van der Waals surface area (Å²) in [6.07, 6.45) is 0. The van der Waals surface area contributed by atoms with Crippen LogP contribution in [-0.4, -0.2) is 29.0 Å². The second kappa shape index (κ2) is 6.62. The molecule has 1 aromatic carbocycles. The summed E-state index contributed by atoms with van der Waals surface area (Å²) < 4.78 is 15.4. The quantitative estimate of drug-likeness (QED) is 0.384. The van der Waals surface area contributed by atoms with Crippen LogP contribution in [0.25, 0.3) is 0 Å². The smallest absolute Gasteiger partial charge is 0.203 e. The summed E-state index contributed by atoms with van der Waals surface area (Å²) in [7, 11) is 4.58. The fraction of sp³-hybridized carbons (Fsp3) is 0.364. The number of alkyl halides is 2. The molecule has 0 N–H and O–H groups in total. The lowest BCUT2D eigenvalue weighted by Gasteiger charge is -2.13. The van der Waals surface area contributed by atoms with Crippen molar-refractivity contribution >= 4 is 51.0 Å². The maximum atomic E-state index is 11.9. The predicted molar refractivity (Wildman–Crippen MR) is 82.3 cm³/mol. The van der Waals surface area contributed by atoms with Crippen molar-refractivity contribution in [3.63, 3.8) is 0 Å². The Kier molecular flexibility index (Phi) is 5.77. The Labute approximate surface area is 127 Å². The van der Waals surface area contributed by atoms with Crippen molar-refractivity contribution in [2.24, 2.45) is 0 Å². The number of hydrogen-bond acceptors (Lipinski definition) is 4. The van der Waals surface area contributed by atoms with Gasteiger partial charge in [0.1, 0.15) is 1.93 Å². The van der Waals surface area contributed by atoms with Gasteiger partial charge in [-0.3, -0.25) is 4.79 Å². The molecule has 0 fully saturated rings. The highest BCUT2D eigenvalue weighted by atomic mass is 127. The van der Waals surface area contributed by atoms with E-state index in [1.165, 1.54) is 21.3 Å². The van der Waals surface area contributed by atoms with Crippen molar-refractivity contribution in [2.75, 3.05) is 21.3 Å². The summed E-state index contributed by atoms with van der Waals surface area (Å²) in [6, 6.07) is 3.32. The largest absolute Gasteiger partial charge is 0.493 e. The molecule has 1 rings (SSSR count). The lowest BCUT2D eigenvalue weighted by Crippen LogP contribution is -2.08. The molecule has 0 atom stereocenters. The van der Waals surface area contributed by atoms with Crippen molar-refractivity contribution < 1.29 is 19.0 Å². The molecule has 4 nitrogen and oxygen atoms in total. The average molecular weight is 462 g/mol. The molecular formula is C11H12I2O4. The third-order valence-electron chi connectivity index (χ3n) is 2.15. The number of carbonyl (C=O) groups excluding carboxylic acids is 1. The molecule has 6 heteroatoms. The number of Topliss-reactive ketones (excluding diaryl/α,β-unsaturated/α-hetero) is 1. The summed E-state index contributed by atoms with van der Waals surface area (Å²) >= 11 is 4.12. The molecule has 1 aromatic rings. The Morgan fingerprint density at radius 1 is 1.06 bits per heavy atom. The number of ether oxygens (including phenoxy) is 3. The zero-order chi connectivity index (χ0) is 13.0. The maximum absolute atomic E-state index is 11.9. The highest BCUT2D eigenvalue weighted by Gasteiger charge is 2.19. The van der Waals surface area contributed by atoms with Crippen LogP contribution in [0.15, 0.2) is 12.1 Å². The summed E-state index contributed by atoms with van der Waals surface area (Å²) in [6.45, 7) is 0. The van der Waals surface area contributed by atoms with Crippen LogP contribution < -0.4 is 14.2 Å². The van der Waals surface area contributed by atoms with E-state index in [0.29, 0.717) is 22.8 Å². The van der Waals surface area contributed by atoms with Gasteiger partial charge in [0.25, 0.3) is 0 Å². The second-order valence-corrected chi connectivity index (χ2v) is 7.95. The van der Waals surface area contributed by atoms with Crippen molar-refractivity contribution in [3.05, 3.63) is 17.7 Å². The van der Waals surface area contributed by atoms with Crippen LogP contribution in [-0.2, 0) is 0 Å². The van der Waals surface area contributed by atoms with Gasteiger partial charge in [0.2, 0.25) is 5.75 Å². The highest BCUT2D eigenvalue weighted by Crippen LogP contribution is 2.38. The van der Waals surface area contributed by atoms with E-state index in [1.54, 1.807) is 12.1 Å². The minimum absolute atomic E-state index is 0.0189. The van der Waals surface area contributed by atoms with Crippen LogP contribution in [0.4, 0.5) is 0 Å². The summed E-state index contributed by atoms with van der Waals surface area (Å²) in [5.74, 6) is 1.49. The number of rotatable bonds is 5. The number of halogens is 2. The zero-order valence-electron chi connectivity index (χ0n) is 9.62. The number of ketones is 1. The fourth-order valence-corrected chi connectivity index (χ4v) is 2.07. The van der Waals surface area contributed by atoms with E-state index in [0.717, 1.165) is 0 Å². The Morgan fingerprint density at radius 2 is 1.53 bits per heavy atom. The van der Waals surface area contributed by atoms with Gasteiger partial charge >= 0.3 is 0 Å². The molecule has 0 saturated carbocycles. The first kappa shape index (κ1) is 14.8. The third kappa shape index (κ3) is 3.36. The van der Waals surface area contributed by atoms with E-state index in [-0.39, 0.29) is 7.71 Å². The molecule has 0 aliphatic carbocycles. The van der Waals surface area contributed by atoms with Gasteiger partial charge in [-0.2, -0.15) is 0 Å². The minimum atomic E-state index is -0.131. The Bertz CT molecular complexity index is 393. The summed E-state index contributed by atoms with van der Waals surface area (Å²) in [5, 5.41) is 0. The van der Waals surface area contributed by atoms with Crippen molar-refractivity contribution in [2.45, 2.75) is 1.93 Å². The van der Waals surface area contributed by atoms with Gasteiger partial charge in [-0.05, 0) is 12.1 Å². The van der Waals surface area contributed by atoms with E-state index >= 15 is 0 Å². The molecule has 0 unspecified atom stereocenters. The molecule has 0 bridgehead atoms. The molecule has 0 radical (unpaired) electrons. The predicted octanol–water partition coefficient (Wildman–Crippen LogP) is 3.09. The molecular weight excluding hydrogens is 450 g/mol. The van der Waals surface area contributed by atoms with Gasteiger partial charge in [-0.25, -0.2) is 0 Å². The van der Waals surface area contributed by atoms with Crippen molar-refractivity contribution in [1.29, 1.82) is 0 Å². The minimum Gasteiger partial charge on any atom is -0.493 e. The number of carbonyl (C=O) groups is 1. The standard InChI is InChI=1S/C11H12I2O4/c1-15-7-4-6(9(14)11(12)13)5-8(16-2)10(7)17-3/h4-5,11H,1-3H3. The first-order valence-electron chi connectivity index (χ1n) is 4.67. The first-order valence-corrected chi connectivity index (χ1v) is 7.16. The molecule has 0 heterocycles. The van der Waals surface area contributed by atoms with Gasteiger partial charge < -0.3 is 14.2 Å². The topological polar surface area (TPSA) is 44.8 Å². The Balaban J connectivity index is 3.32. The van der Waals surface area contributed by atoms with Crippen LogP contribution in [0, 0.1) is 0 Å². The van der Waals surface area contributed by atoms with Crippen LogP contribution in [0.3, 0.4) is 0 Å². The van der Waals surface area contributed by atoms with E-state index in [2.05, 4.69) is 45.2 Å². The van der Waals surface area contributed by atoms with E-state index < -0.39 is 0 Å². The molecule has 94 valence electrons. The first-order chi connectivity index (χ1) is 8.04. The summed E-state index contributed by atoms with van der Waals surface area (Å²) in [4.78, 5) is 11.9. The SMILES string of the molecule is COc1cc(C(=O)C(I)I)cc(OC)c1OC. The lowest BCUT2D eigenvalue weighted by molar-refractivity contribution is 0.102. The number of methoxy groups -OCH3 is 3. The second-order valence-electron chi connectivity index (χ2n) is 3.08. The van der Waals surface area contributed by atoms with E-state index in [9.17, 15) is 4.79 Å². The van der Waals surface area contributed by atoms with Crippen molar-refractivity contribution in [3.8, 4) is 17.2 Å². The van der Waals surface area contributed by atoms with Crippen LogP contribution >= 0.6 is 45.2 Å². The molecule has 0 aliphatic rings. The molecule has 17 heavy (non-hydrogen) atoms. The molecule has 0 saturated heterocycles. The lowest BCUT2D eigenvalue weighted by atomic mass is 10.1. The number of benzene rings is 1. The fourth-order valence-electron chi connectivity index (χ4n) is 1.35. The average Bonchev–Trinajstić information content (AvgIpc) is 2.35. The molecule has 0 aromatic heterocycles. The van der Waals surface area contributed by atoms with Gasteiger partial charge in [-0.15, -0.1) is 0 Å². The Hall–Kier alpha value is -0.250. The van der Waals surface area contributed by atoms with Gasteiger partial charge in [0.05, 0.1) is 21.3 Å².